The summed E-state index contributed by atoms with van der Waals surface area (Å²) in [6.07, 6.45) is 15.3. The lowest BCUT2D eigenvalue weighted by Crippen LogP contribution is -2.06. The monoisotopic (exact) mass is 653 g/mol. The minimum Gasteiger partial charge on any atom is -0.456 e. The van der Waals surface area contributed by atoms with Crippen LogP contribution in [0.1, 0.15) is 46.8 Å². The van der Waals surface area contributed by atoms with Crippen LogP contribution in [-0.4, -0.2) is 4.57 Å². The molecule has 0 fully saturated rings. The molecule has 51 heavy (non-hydrogen) atoms. The number of fused-ring (bicyclic) bond motifs is 11. The van der Waals surface area contributed by atoms with Crippen LogP contribution in [0.25, 0.3) is 77.9 Å². The maximum absolute atomic E-state index is 6.20. The van der Waals surface area contributed by atoms with Crippen LogP contribution in [0.15, 0.2) is 156 Å². The van der Waals surface area contributed by atoms with Crippen molar-refractivity contribution in [1.29, 1.82) is 0 Å². The molecule has 2 aromatic heterocycles. The van der Waals surface area contributed by atoms with Gasteiger partial charge in [0.05, 0.1) is 11.0 Å². The number of rotatable bonds is 3. The highest BCUT2D eigenvalue weighted by Crippen LogP contribution is 2.44. The Morgan fingerprint density at radius 2 is 1.37 bits per heavy atom. The highest BCUT2D eigenvalue weighted by Gasteiger charge is 2.24. The molecule has 0 amide bonds. The molecule has 2 heteroatoms. The Morgan fingerprint density at radius 1 is 0.608 bits per heavy atom. The van der Waals surface area contributed by atoms with Crippen LogP contribution in [-0.2, 0) is 12.8 Å². The average molecular weight is 654 g/mol. The molecule has 0 radical (unpaired) electrons. The Labute approximate surface area is 297 Å². The van der Waals surface area contributed by atoms with Crippen LogP contribution in [0.2, 0.25) is 0 Å². The van der Waals surface area contributed by atoms with Gasteiger partial charge in [0, 0.05) is 33.3 Å². The molecular weight excluding hydrogens is 619 g/mol. The zero-order valence-corrected chi connectivity index (χ0v) is 28.3. The molecule has 0 unspecified atom stereocenters. The minimum absolute atomic E-state index is 0.268. The predicted molar refractivity (Wildman–Crippen MR) is 213 cm³/mol. The van der Waals surface area contributed by atoms with Crippen molar-refractivity contribution in [3.05, 3.63) is 180 Å². The maximum atomic E-state index is 6.20. The van der Waals surface area contributed by atoms with Gasteiger partial charge in [0.2, 0.25) is 0 Å². The number of hydrogen-bond donors (Lipinski definition) is 0. The molecule has 2 nitrogen and oxygen atoms in total. The first-order chi connectivity index (χ1) is 25.3. The lowest BCUT2D eigenvalue weighted by Gasteiger charge is -2.23. The van der Waals surface area contributed by atoms with E-state index in [1.165, 1.54) is 88.5 Å². The largest absolute Gasteiger partial charge is 0.456 e. The summed E-state index contributed by atoms with van der Waals surface area (Å²) in [5.41, 5.74) is 18.1. The molecule has 8 aromatic rings. The van der Waals surface area contributed by atoms with E-state index in [9.17, 15) is 0 Å². The van der Waals surface area contributed by atoms with E-state index in [-0.39, 0.29) is 5.92 Å². The quantitative estimate of drug-likeness (QED) is 0.186. The molecule has 2 heterocycles. The fourth-order valence-corrected chi connectivity index (χ4v) is 9.00. The third-order valence-corrected chi connectivity index (χ3v) is 11.5. The molecule has 3 aliphatic rings. The predicted octanol–water partition coefficient (Wildman–Crippen LogP) is 13.0. The molecule has 3 aliphatic carbocycles. The van der Waals surface area contributed by atoms with E-state index in [0.717, 1.165) is 37.0 Å². The van der Waals surface area contributed by atoms with Crippen molar-refractivity contribution in [3.63, 3.8) is 0 Å². The summed E-state index contributed by atoms with van der Waals surface area (Å²) in [5.74, 6) is 1.28. The van der Waals surface area contributed by atoms with Gasteiger partial charge in [-0.2, -0.15) is 0 Å². The first kappa shape index (κ1) is 28.7. The van der Waals surface area contributed by atoms with E-state index in [0.29, 0.717) is 0 Å². The van der Waals surface area contributed by atoms with E-state index < -0.39 is 0 Å². The summed E-state index contributed by atoms with van der Waals surface area (Å²) in [4.78, 5) is 0. The SMILES string of the molecule is C1=C[C@H](c2ccc3c(c2)-c2ccccc2Cc2ccccc2-3)CC(n2c3ccccc3c3ccc(-c4ccc5oc6c(c5c4)CCC=C6)cc32)=C1. The summed E-state index contributed by atoms with van der Waals surface area (Å²) in [6.45, 7) is 0. The Hall–Kier alpha value is -6.12. The second-order valence-corrected chi connectivity index (χ2v) is 14.3. The van der Waals surface area contributed by atoms with Crippen LogP contribution in [0, 0.1) is 0 Å². The highest BCUT2D eigenvalue weighted by atomic mass is 16.3. The molecule has 0 bridgehead atoms. The molecule has 0 N–H and O–H groups in total. The zero-order valence-electron chi connectivity index (χ0n) is 28.3. The van der Waals surface area contributed by atoms with E-state index in [2.05, 4.69) is 162 Å². The molecule has 6 aromatic carbocycles. The Morgan fingerprint density at radius 3 is 2.27 bits per heavy atom. The number of nitrogens with zero attached hydrogens (tertiary/aromatic N) is 1. The van der Waals surface area contributed by atoms with Gasteiger partial charge in [0.15, 0.2) is 0 Å². The van der Waals surface area contributed by atoms with Gasteiger partial charge >= 0.3 is 0 Å². The third-order valence-electron chi connectivity index (χ3n) is 11.5. The second-order valence-electron chi connectivity index (χ2n) is 14.3. The standard InChI is InChI=1S/C49H35NO/c1-3-14-38-35(10-1)26-36-11-2-4-15-39(36)44-28-32(20-23-40(38)44)31-12-9-13-37(27-31)50-46-18-7-5-16-41(46)42-24-21-34(30-47(42)50)33-22-25-49-45(29-33)43-17-6-8-19-48(43)51-49/h1-5,7-16,18-25,28-31H,6,17,26-27H2/t31-/m0/s1. The first-order valence-corrected chi connectivity index (χ1v) is 18.2. The number of benzene rings is 6. The van der Waals surface area contributed by atoms with Gasteiger partial charge < -0.3 is 8.98 Å². The van der Waals surface area contributed by atoms with Crippen LogP contribution in [0.4, 0.5) is 0 Å². The van der Waals surface area contributed by atoms with Crippen molar-refractivity contribution >= 4 is 44.5 Å². The molecule has 0 saturated carbocycles. The fourth-order valence-electron chi connectivity index (χ4n) is 9.00. The lowest BCUT2D eigenvalue weighted by molar-refractivity contribution is 0.595. The molecule has 1 atom stereocenters. The normalized spacial score (nSPS) is 16.1. The summed E-state index contributed by atoms with van der Waals surface area (Å²) < 4.78 is 8.72. The third kappa shape index (κ3) is 4.49. The maximum Gasteiger partial charge on any atom is 0.135 e. The molecule has 0 saturated heterocycles. The van der Waals surface area contributed by atoms with Gasteiger partial charge in [-0.1, -0.05) is 115 Å². The molecule has 242 valence electrons. The average Bonchev–Trinajstić information content (AvgIpc) is 3.68. The summed E-state index contributed by atoms with van der Waals surface area (Å²) >= 11 is 0. The topological polar surface area (TPSA) is 18.1 Å². The van der Waals surface area contributed by atoms with E-state index in [1.807, 2.05) is 0 Å². The molecular formula is C49H35NO. The number of para-hydroxylation sites is 1. The smallest absolute Gasteiger partial charge is 0.135 e. The first-order valence-electron chi connectivity index (χ1n) is 18.2. The van der Waals surface area contributed by atoms with E-state index >= 15 is 0 Å². The summed E-state index contributed by atoms with van der Waals surface area (Å²) in [5, 5.41) is 3.81. The van der Waals surface area contributed by atoms with Gasteiger partial charge in [0.25, 0.3) is 0 Å². The van der Waals surface area contributed by atoms with E-state index in [1.54, 1.807) is 0 Å². The van der Waals surface area contributed by atoms with Gasteiger partial charge in [0.1, 0.15) is 11.3 Å². The highest BCUT2D eigenvalue weighted by molar-refractivity contribution is 6.11. The second kappa shape index (κ2) is 11.2. The van der Waals surface area contributed by atoms with Crippen LogP contribution >= 0.6 is 0 Å². The van der Waals surface area contributed by atoms with Crippen molar-refractivity contribution in [2.75, 3.05) is 0 Å². The number of furan rings is 1. The molecule has 0 spiro atoms. The summed E-state index contributed by atoms with van der Waals surface area (Å²) in [7, 11) is 0. The van der Waals surface area contributed by atoms with Crippen molar-refractivity contribution in [3.8, 4) is 33.4 Å². The number of aromatic nitrogens is 1. The minimum atomic E-state index is 0.268. The number of hydrogen-bond acceptors (Lipinski definition) is 1. The number of aryl methyl sites for hydroxylation is 1. The van der Waals surface area contributed by atoms with Crippen LogP contribution < -0.4 is 0 Å². The van der Waals surface area contributed by atoms with Crippen LogP contribution in [0.5, 0.6) is 0 Å². The van der Waals surface area contributed by atoms with Crippen molar-refractivity contribution in [2.24, 2.45) is 0 Å². The van der Waals surface area contributed by atoms with Crippen molar-refractivity contribution in [1.82, 2.24) is 4.57 Å². The molecule has 0 aliphatic heterocycles. The Balaban J connectivity index is 1.01. The Bertz CT molecular complexity index is 2820. The van der Waals surface area contributed by atoms with Crippen molar-refractivity contribution in [2.45, 2.75) is 31.6 Å². The fraction of sp³-hybridized carbons (Fsp3) is 0.102. The van der Waals surface area contributed by atoms with Gasteiger partial charge in [-0.3, -0.25) is 0 Å². The van der Waals surface area contributed by atoms with Gasteiger partial charge in [-0.05, 0) is 118 Å². The Kier molecular flexibility index (Phi) is 6.30. The summed E-state index contributed by atoms with van der Waals surface area (Å²) in [6, 6.07) is 47.6. The number of allylic oxidation sites excluding steroid dienone is 5. The van der Waals surface area contributed by atoms with Crippen molar-refractivity contribution < 1.29 is 4.42 Å². The zero-order chi connectivity index (χ0) is 33.5. The van der Waals surface area contributed by atoms with E-state index in [4.69, 9.17) is 4.42 Å². The van der Waals surface area contributed by atoms with Crippen LogP contribution in [0.3, 0.4) is 0 Å². The molecule has 11 rings (SSSR count). The van der Waals surface area contributed by atoms with Gasteiger partial charge in [-0.25, -0.2) is 0 Å². The lowest BCUT2D eigenvalue weighted by atomic mass is 9.86. The van der Waals surface area contributed by atoms with Gasteiger partial charge in [-0.15, -0.1) is 0 Å².